The molecular formula is C18H13F2N3O4. The smallest absolute Gasteiger partial charge is 0.331 e. The minimum Gasteiger partial charge on any atom is -0.454 e. The molecule has 1 aromatic heterocycles. The van der Waals surface area contributed by atoms with Gasteiger partial charge in [0.2, 0.25) is 0 Å². The fourth-order valence-electron chi connectivity index (χ4n) is 2.47. The van der Waals surface area contributed by atoms with Gasteiger partial charge in [-0.2, -0.15) is 8.78 Å². The van der Waals surface area contributed by atoms with Crippen molar-refractivity contribution in [3.63, 3.8) is 0 Å². The minimum absolute atomic E-state index is 0.0664. The van der Waals surface area contributed by atoms with Crippen molar-refractivity contribution >= 4 is 28.8 Å². The van der Waals surface area contributed by atoms with Crippen LogP contribution in [0.15, 0.2) is 54.6 Å². The van der Waals surface area contributed by atoms with Crippen LogP contribution in [0.4, 0.5) is 14.5 Å². The molecule has 0 aliphatic rings. The zero-order valence-corrected chi connectivity index (χ0v) is 13.8. The van der Waals surface area contributed by atoms with E-state index in [1.165, 1.54) is 36.4 Å². The summed E-state index contributed by atoms with van der Waals surface area (Å²) in [6.07, 6.45) is 2.51. The van der Waals surface area contributed by atoms with Gasteiger partial charge in [-0.25, -0.2) is 9.78 Å². The number of hydrogen-bond donors (Lipinski definition) is 0. The summed E-state index contributed by atoms with van der Waals surface area (Å²) in [7, 11) is 0. The van der Waals surface area contributed by atoms with Crippen LogP contribution in [0.1, 0.15) is 17.9 Å². The van der Waals surface area contributed by atoms with Crippen molar-refractivity contribution < 1.29 is 23.2 Å². The molecule has 3 rings (SSSR count). The SMILES string of the molecule is O=C(/C=C/c1ccc([N+](=O)[O-])cc1)OCc1nc2ccccc2n1C(F)F. The summed E-state index contributed by atoms with van der Waals surface area (Å²) in [5.74, 6) is -0.815. The number of ether oxygens (including phenoxy) is 1. The first-order valence-electron chi connectivity index (χ1n) is 7.79. The van der Waals surface area contributed by atoms with Gasteiger partial charge < -0.3 is 4.74 Å². The lowest BCUT2D eigenvalue weighted by Gasteiger charge is -2.07. The number of imidazole rings is 1. The molecule has 0 radical (unpaired) electrons. The van der Waals surface area contributed by atoms with Crippen LogP contribution in [0, 0.1) is 10.1 Å². The largest absolute Gasteiger partial charge is 0.454 e. The van der Waals surface area contributed by atoms with Gasteiger partial charge in [-0.1, -0.05) is 12.1 Å². The Morgan fingerprint density at radius 1 is 1.22 bits per heavy atom. The van der Waals surface area contributed by atoms with Crippen molar-refractivity contribution in [1.29, 1.82) is 0 Å². The second-order valence-electron chi connectivity index (χ2n) is 5.45. The first-order valence-corrected chi connectivity index (χ1v) is 7.79. The van der Waals surface area contributed by atoms with Gasteiger partial charge in [0, 0.05) is 18.2 Å². The van der Waals surface area contributed by atoms with Crippen LogP contribution in [0.5, 0.6) is 0 Å². The number of halogens is 2. The lowest BCUT2D eigenvalue weighted by Crippen LogP contribution is -2.09. The monoisotopic (exact) mass is 373 g/mol. The summed E-state index contributed by atoms with van der Waals surface area (Å²) < 4.78 is 32.3. The molecule has 7 nitrogen and oxygen atoms in total. The summed E-state index contributed by atoms with van der Waals surface area (Å²) >= 11 is 0. The Balaban J connectivity index is 1.68. The minimum atomic E-state index is -2.82. The van der Waals surface area contributed by atoms with Gasteiger partial charge in [-0.15, -0.1) is 0 Å². The molecule has 9 heteroatoms. The van der Waals surface area contributed by atoms with Crippen LogP contribution in [0.3, 0.4) is 0 Å². The van der Waals surface area contributed by atoms with E-state index in [1.807, 2.05) is 0 Å². The van der Waals surface area contributed by atoms with Gasteiger partial charge in [0.25, 0.3) is 5.69 Å². The quantitative estimate of drug-likeness (QED) is 0.281. The van der Waals surface area contributed by atoms with E-state index >= 15 is 0 Å². The van der Waals surface area contributed by atoms with Crippen LogP contribution in [0.2, 0.25) is 0 Å². The second-order valence-corrected chi connectivity index (χ2v) is 5.45. The maximum absolute atomic E-state index is 13.3. The number of alkyl halides is 2. The average molecular weight is 373 g/mol. The third-order valence-corrected chi connectivity index (χ3v) is 3.72. The van der Waals surface area contributed by atoms with Crippen molar-refractivity contribution in [3.05, 3.63) is 76.1 Å². The fraction of sp³-hybridized carbons (Fsp3) is 0.111. The molecule has 0 saturated heterocycles. The van der Waals surface area contributed by atoms with E-state index in [0.29, 0.717) is 15.6 Å². The van der Waals surface area contributed by atoms with E-state index in [-0.39, 0.29) is 17.0 Å². The van der Waals surface area contributed by atoms with Gasteiger partial charge in [-0.05, 0) is 35.9 Å². The third-order valence-electron chi connectivity index (χ3n) is 3.72. The number of carbonyl (C=O) groups is 1. The molecule has 1 heterocycles. The molecule has 2 aromatic carbocycles. The van der Waals surface area contributed by atoms with E-state index in [2.05, 4.69) is 4.98 Å². The topological polar surface area (TPSA) is 87.3 Å². The average Bonchev–Trinajstić information content (AvgIpc) is 3.03. The number of fused-ring (bicyclic) bond motifs is 1. The molecule has 0 aliphatic heterocycles. The van der Waals surface area contributed by atoms with Gasteiger partial charge >= 0.3 is 12.5 Å². The highest BCUT2D eigenvalue weighted by molar-refractivity contribution is 5.87. The normalized spacial score (nSPS) is 11.4. The zero-order valence-electron chi connectivity index (χ0n) is 13.8. The molecule has 0 N–H and O–H groups in total. The Labute approximate surface area is 151 Å². The number of para-hydroxylation sites is 2. The first-order chi connectivity index (χ1) is 13.0. The highest BCUT2D eigenvalue weighted by Crippen LogP contribution is 2.23. The molecule has 138 valence electrons. The Hall–Kier alpha value is -3.62. The van der Waals surface area contributed by atoms with E-state index in [9.17, 15) is 23.7 Å². The number of hydrogen-bond acceptors (Lipinski definition) is 5. The molecule has 0 aliphatic carbocycles. The molecule has 0 fully saturated rings. The van der Waals surface area contributed by atoms with Gasteiger partial charge in [0.05, 0.1) is 16.0 Å². The molecule has 0 saturated carbocycles. The van der Waals surface area contributed by atoms with Gasteiger partial charge in [0.15, 0.2) is 5.82 Å². The number of rotatable bonds is 6. The maximum Gasteiger partial charge on any atom is 0.331 e. The summed E-state index contributed by atoms with van der Waals surface area (Å²) in [6.45, 7) is -3.23. The molecular weight excluding hydrogens is 360 g/mol. The van der Waals surface area contributed by atoms with E-state index in [0.717, 1.165) is 6.08 Å². The zero-order chi connectivity index (χ0) is 19.4. The molecule has 0 spiro atoms. The summed E-state index contributed by atoms with van der Waals surface area (Å²) in [6, 6.07) is 11.9. The molecule has 3 aromatic rings. The van der Waals surface area contributed by atoms with Crippen LogP contribution in [0.25, 0.3) is 17.1 Å². The third kappa shape index (κ3) is 4.14. The first kappa shape index (κ1) is 18.2. The number of non-ortho nitro benzene ring substituents is 1. The summed E-state index contributed by atoms with van der Waals surface area (Å²) in [5.41, 5.74) is 1.11. The summed E-state index contributed by atoms with van der Waals surface area (Å²) in [4.78, 5) is 25.9. The number of carbonyl (C=O) groups excluding carboxylic acids is 1. The van der Waals surface area contributed by atoms with Crippen molar-refractivity contribution in [2.75, 3.05) is 0 Å². The molecule has 27 heavy (non-hydrogen) atoms. The maximum atomic E-state index is 13.3. The Morgan fingerprint density at radius 3 is 2.59 bits per heavy atom. The highest BCUT2D eigenvalue weighted by atomic mass is 19.3. The number of aromatic nitrogens is 2. The number of nitrogens with zero attached hydrogens (tertiary/aromatic N) is 3. The Bertz CT molecular complexity index is 1010. The van der Waals surface area contributed by atoms with Crippen molar-refractivity contribution in [2.45, 2.75) is 13.2 Å². The number of esters is 1. The van der Waals surface area contributed by atoms with E-state index in [4.69, 9.17) is 4.74 Å². The highest BCUT2D eigenvalue weighted by Gasteiger charge is 2.18. The van der Waals surface area contributed by atoms with Crippen LogP contribution in [-0.2, 0) is 16.1 Å². The molecule has 0 atom stereocenters. The predicted octanol–water partition coefficient (Wildman–Crippen LogP) is 4.10. The van der Waals surface area contributed by atoms with Gasteiger partial charge in [0.1, 0.15) is 6.61 Å². The standard InChI is InChI=1S/C18H13F2N3O4/c19-18(20)22-15-4-2-1-3-14(15)21-16(22)11-27-17(24)10-7-12-5-8-13(9-6-12)23(25)26/h1-10,18H,11H2/b10-7+. The van der Waals surface area contributed by atoms with Crippen molar-refractivity contribution in [3.8, 4) is 0 Å². The lowest BCUT2D eigenvalue weighted by atomic mass is 10.2. The number of nitro groups is 1. The molecule has 0 unspecified atom stereocenters. The second kappa shape index (κ2) is 7.73. The van der Waals surface area contributed by atoms with Crippen LogP contribution < -0.4 is 0 Å². The number of benzene rings is 2. The Morgan fingerprint density at radius 2 is 1.93 bits per heavy atom. The van der Waals surface area contributed by atoms with Gasteiger partial charge in [-0.3, -0.25) is 14.7 Å². The summed E-state index contributed by atoms with van der Waals surface area (Å²) in [5, 5.41) is 10.6. The van der Waals surface area contributed by atoms with E-state index < -0.39 is 24.0 Å². The molecule has 0 bridgehead atoms. The van der Waals surface area contributed by atoms with Crippen molar-refractivity contribution in [2.24, 2.45) is 0 Å². The van der Waals surface area contributed by atoms with Crippen molar-refractivity contribution in [1.82, 2.24) is 9.55 Å². The van der Waals surface area contributed by atoms with Crippen LogP contribution in [-0.4, -0.2) is 20.4 Å². The molecule has 0 amide bonds. The van der Waals surface area contributed by atoms with Crippen LogP contribution >= 0.6 is 0 Å². The van der Waals surface area contributed by atoms with E-state index in [1.54, 1.807) is 18.2 Å². The number of nitro benzene ring substituents is 1. The Kier molecular flexibility index (Phi) is 5.20. The predicted molar refractivity (Wildman–Crippen MR) is 92.9 cm³/mol. The fourth-order valence-corrected chi connectivity index (χ4v) is 2.47. The lowest BCUT2D eigenvalue weighted by molar-refractivity contribution is -0.384.